The van der Waals surface area contributed by atoms with Gasteiger partial charge in [0.05, 0.1) is 28.0 Å². The van der Waals surface area contributed by atoms with E-state index in [1.165, 1.54) is 4.68 Å². The zero-order valence-corrected chi connectivity index (χ0v) is 19.7. The second-order valence-electron chi connectivity index (χ2n) is 8.21. The summed E-state index contributed by atoms with van der Waals surface area (Å²) >= 11 is 0. The second kappa shape index (κ2) is 9.38. The summed E-state index contributed by atoms with van der Waals surface area (Å²) in [6.45, 7) is 1.18. The van der Waals surface area contributed by atoms with Crippen molar-refractivity contribution in [3.8, 4) is 17.1 Å². The summed E-state index contributed by atoms with van der Waals surface area (Å²) in [5.41, 5.74) is 3.43. The topological polar surface area (TPSA) is 111 Å². The van der Waals surface area contributed by atoms with Crippen molar-refractivity contribution in [3.63, 3.8) is 0 Å². The molecule has 0 bridgehead atoms. The van der Waals surface area contributed by atoms with Crippen LogP contribution in [-0.2, 0) is 16.6 Å². The number of hydrogen-bond donors (Lipinski definition) is 2. The summed E-state index contributed by atoms with van der Waals surface area (Å²) in [6, 6.07) is 23.5. The van der Waals surface area contributed by atoms with Crippen LogP contribution in [-0.4, -0.2) is 37.8 Å². The number of carbonyl (C=O) groups is 2. The molecule has 9 heteroatoms. The van der Waals surface area contributed by atoms with E-state index >= 15 is 0 Å². The third-order valence-corrected chi connectivity index (χ3v) is 5.94. The predicted octanol–water partition coefficient (Wildman–Crippen LogP) is 3.82. The van der Waals surface area contributed by atoms with Crippen LogP contribution >= 0.6 is 0 Å². The first-order valence-electron chi connectivity index (χ1n) is 11.3. The lowest BCUT2D eigenvalue weighted by Crippen LogP contribution is -2.26. The lowest BCUT2D eigenvalue weighted by Gasteiger charge is -2.08. The Bertz CT molecular complexity index is 1610. The quantitative estimate of drug-likeness (QED) is 0.358. The van der Waals surface area contributed by atoms with Crippen LogP contribution in [0, 0.1) is 6.92 Å². The largest absolute Gasteiger partial charge is 0.452 e. The number of rotatable bonds is 6. The number of para-hydroxylation sites is 3. The molecule has 2 N–H and O–H groups in total. The van der Waals surface area contributed by atoms with E-state index in [0.29, 0.717) is 22.8 Å². The van der Waals surface area contributed by atoms with E-state index in [4.69, 9.17) is 4.74 Å². The Balaban J connectivity index is 1.32. The van der Waals surface area contributed by atoms with Gasteiger partial charge in [-0.1, -0.05) is 48.5 Å². The summed E-state index contributed by atoms with van der Waals surface area (Å²) in [6.07, 6.45) is 0. The number of aromatic nitrogens is 4. The Hall–Kier alpha value is -4.92. The van der Waals surface area contributed by atoms with Crippen molar-refractivity contribution in [1.82, 2.24) is 19.3 Å². The van der Waals surface area contributed by atoms with Gasteiger partial charge < -0.3 is 15.0 Å². The van der Waals surface area contributed by atoms with E-state index in [2.05, 4.69) is 15.3 Å². The molecule has 0 atom stereocenters. The highest BCUT2D eigenvalue weighted by atomic mass is 16.5. The molecule has 0 radical (unpaired) electrons. The summed E-state index contributed by atoms with van der Waals surface area (Å²) < 4.78 is 8.41. The molecule has 2 heterocycles. The summed E-state index contributed by atoms with van der Waals surface area (Å²) in [4.78, 5) is 46.2. The fourth-order valence-electron chi connectivity index (χ4n) is 4.04. The number of esters is 1. The van der Waals surface area contributed by atoms with E-state index in [1.807, 2.05) is 42.5 Å². The van der Waals surface area contributed by atoms with Crippen LogP contribution in [0.5, 0.6) is 0 Å². The van der Waals surface area contributed by atoms with Crippen LogP contribution in [0.3, 0.4) is 0 Å². The monoisotopic (exact) mass is 481 g/mol. The third kappa shape index (κ3) is 4.18. The van der Waals surface area contributed by atoms with Gasteiger partial charge in [-0.25, -0.2) is 14.5 Å². The van der Waals surface area contributed by atoms with E-state index in [1.54, 1.807) is 55.1 Å². The molecule has 0 saturated carbocycles. The molecule has 1 amide bonds. The summed E-state index contributed by atoms with van der Waals surface area (Å²) in [5, 5.41) is 2.59. The van der Waals surface area contributed by atoms with Gasteiger partial charge in [0.1, 0.15) is 11.5 Å². The molecule has 2 aromatic heterocycles. The number of carbonyl (C=O) groups excluding carboxylic acids is 2. The van der Waals surface area contributed by atoms with Crippen LogP contribution in [0.1, 0.15) is 16.1 Å². The number of amides is 1. The average Bonchev–Trinajstić information content (AvgIpc) is 3.42. The van der Waals surface area contributed by atoms with Crippen molar-refractivity contribution >= 4 is 28.6 Å². The molecule has 0 saturated heterocycles. The Labute approximate surface area is 206 Å². The van der Waals surface area contributed by atoms with Gasteiger partial charge in [-0.15, -0.1) is 0 Å². The van der Waals surface area contributed by atoms with E-state index in [9.17, 15) is 14.4 Å². The standard InChI is InChI=1S/C27H23N5O4/c1-17-24(26(34)32(31(17)2)18-10-4-3-5-11-18)30-23(33)16-36-27(35)20-13-7-6-12-19(20)25-28-21-14-8-9-15-22(21)29-25/h3-15H,16H2,1-2H3,(H,28,29)(H,30,33). The molecule has 0 aliphatic carbocycles. The minimum absolute atomic E-state index is 0.130. The molecule has 9 nitrogen and oxygen atoms in total. The zero-order valence-electron chi connectivity index (χ0n) is 19.7. The maximum Gasteiger partial charge on any atom is 0.339 e. The Morgan fingerprint density at radius 3 is 2.44 bits per heavy atom. The van der Waals surface area contributed by atoms with Crippen molar-refractivity contribution in [1.29, 1.82) is 0 Å². The van der Waals surface area contributed by atoms with Gasteiger partial charge in [0.2, 0.25) is 0 Å². The maximum atomic E-state index is 13.0. The lowest BCUT2D eigenvalue weighted by molar-refractivity contribution is -0.119. The van der Waals surface area contributed by atoms with E-state index < -0.39 is 18.5 Å². The van der Waals surface area contributed by atoms with Crippen LogP contribution < -0.4 is 10.9 Å². The minimum Gasteiger partial charge on any atom is -0.452 e. The lowest BCUT2D eigenvalue weighted by atomic mass is 10.1. The molecular formula is C27H23N5O4. The number of nitrogens with zero attached hydrogens (tertiary/aromatic N) is 3. The normalized spacial score (nSPS) is 10.9. The number of aromatic amines is 1. The van der Waals surface area contributed by atoms with Gasteiger partial charge in [0.25, 0.3) is 11.5 Å². The number of imidazole rings is 1. The molecule has 0 unspecified atom stereocenters. The number of fused-ring (bicyclic) bond motifs is 1. The molecular weight excluding hydrogens is 458 g/mol. The highest BCUT2D eigenvalue weighted by molar-refractivity contribution is 5.99. The Morgan fingerprint density at radius 2 is 1.67 bits per heavy atom. The van der Waals surface area contributed by atoms with Crippen molar-refractivity contribution in [2.45, 2.75) is 6.92 Å². The van der Waals surface area contributed by atoms with Crippen LogP contribution in [0.2, 0.25) is 0 Å². The molecule has 0 spiro atoms. The highest BCUT2D eigenvalue weighted by Gasteiger charge is 2.20. The summed E-state index contributed by atoms with van der Waals surface area (Å²) in [5.74, 6) is -0.766. The molecule has 5 rings (SSSR count). The van der Waals surface area contributed by atoms with Gasteiger partial charge in [0, 0.05) is 12.6 Å². The number of nitrogens with one attached hydrogen (secondary N) is 2. The zero-order chi connectivity index (χ0) is 25.2. The minimum atomic E-state index is -0.673. The average molecular weight is 482 g/mol. The van der Waals surface area contributed by atoms with Gasteiger partial charge in [-0.2, -0.15) is 0 Å². The number of hydrogen-bond acceptors (Lipinski definition) is 5. The van der Waals surface area contributed by atoms with Crippen molar-refractivity contribution in [2.75, 3.05) is 11.9 Å². The number of anilines is 1. The van der Waals surface area contributed by atoms with Gasteiger partial charge >= 0.3 is 5.97 Å². The van der Waals surface area contributed by atoms with E-state index in [-0.39, 0.29) is 16.8 Å². The predicted molar refractivity (Wildman–Crippen MR) is 136 cm³/mol. The van der Waals surface area contributed by atoms with Crippen LogP contribution in [0.15, 0.2) is 83.7 Å². The molecule has 0 aliphatic heterocycles. The summed E-state index contributed by atoms with van der Waals surface area (Å²) in [7, 11) is 1.73. The van der Waals surface area contributed by atoms with Gasteiger partial charge in [-0.05, 0) is 37.3 Å². The molecule has 0 aliphatic rings. The van der Waals surface area contributed by atoms with Crippen LogP contribution in [0.25, 0.3) is 28.1 Å². The molecule has 180 valence electrons. The molecule has 3 aromatic carbocycles. The SMILES string of the molecule is Cc1c(NC(=O)COC(=O)c2ccccc2-c2nc3ccccc3[nH]2)c(=O)n(-c2ccccc2)n1C. The molecule has 0 fully saturated rings. The van der Waals surface area contributed by atoms with Crippen molar-refractivity contribution < 1.29 is 14.3 Å². The maximum absolute atomic E-state index is 13.0. The van der Waals surface area contributed by atoms with Crippen LogP contribution in [0.4, 0.5) is 5.69 Å². The van der Waals surface area contributed by atoms with Gasteiger partial charge in [-0.3, -0.25) is 14.3 Å². The number of benzene rings is 3. The van der Waals surface area contributed by atoms with E-state index in [0.717, 1.165) is 11.0 Å². The Kier molecular flexibility index (Phi) is 5.95. The first kappa shape index (κ1) is 22.9. The van der Waals surface area contributed by atoms with Gasteiger partial charge in [0.15, 0.2) is 6.61 Å². The second-order valence-corrected chi connectivity index (χ2v) is 8.21. The van der Waals surface area contributed by atoms with Crippen molar-refractivity contribution in [2.24, 2.45) is 7.05 Å². The Morgan fingerprint density at radius 1 is 0.972 bits per heavy atom. The first-order chi connectivity index (χ1) is 17.4. The van der Waals surface area contributed by atoms with Crippen molar-refractivity contribution in [3.05, 3.63) is 100 Å². The molecule has 36 heavy (non-hydrogen) atoms. The number of ether oxygens (including phenoxy) is 1. The fraction of sp³-hybridized carbons (Fsp3) is 0.111. The molecule has 5 aromatic rings. The third-order valence-electron chi connectivity index (χ3n) is 5.94. The first-order valence-corrected chi connectivity index (χ1v) is 11.3. The highest BCUT2D eigenvalue weighted by Crippen LogP contribution is 2.24. The number of H-pyrrole nitrogens is 1. The fourth-order valence-corrected chi connectivity index (χ4v) is 4.04. The smallest absolute Gasteiger partial charge is 0.339 e.